The van der Waals surface area contributed by atoms with Gasteiger partial charge in [0.1, 0.15) is 26.4 Å². The van der Waals surface area contributed by atoms with E-state index in [2.05, 4.69) is 37.2 Å². The summed E-state index contributed by atoms with van der Waals surface area (Å²) in [6.45, 7) is 13.0. The highest BCUT2D eigenvalue weighted by Gasteiger charge is 2.22. The summed E-state index contributed by atoms with van der Waals surface area (Å²) >= 11 is 0.926. The number of ether oxygens (including phenoxy) is 8. The number of thioether (sulfide) groups is 1. The summed E-state index contributed by atoms with van der Waals surface area (Å²) in [5, 5.41) is 19.0. The molecule has 9 amide bonds. The van der Waals surface area contributed by atoms with Crippen LogP contribution in [-0.2, 0) is 90.6 Å². The van der Waals surface area contributed by atoms with Gasteiger partial charge in [-0.2, -0.15) is 0 Å². The molecule has 0 aromatic carbocycles. The van der Waals surface area contributed by atoms with Crippen molar-refractivity contribution in [1.29, 1.82) is 0 Å². The standard InChI is InChI=1S/C54H97N9O19S.C2H6/c1-41(52(55)72)11-4-7-17-58-48(68)37-80-32-29-77-25-21-61-50(70)38-81-33-28-75-23-19-59-47(67)15-10-14-46(66)57-16-9-6-13-44(54(74)63-18-8-5-12-42(2)53(56)73)35-45(65)36-79-31-27-76-24-20-60-49(69)39-82-34-30-78-26-22-62-51(71)40-83-43(3)64;1-2/h41-42,44H,4-40H2,1-3H3,(H2,55,72)(H2,56,73)(H,57,66)(H,58,68)(H,59,67)(H,60,69)(H,61,70)(H,62,71)(H,63,74);1-2H3/t41-,42-,44+;/m0./s1. The zero-order valence-electron chi connectivity index (χ0n) is 51.2. The molecule has 0 unspecified atom stereocenters. The van der Waals surface area contributed by atoms with E-state index in [-0.39, 0.29) is 233 Å². The first-order valence-corrected chi connectivity index (χ1v) is 30.6. The Hall–Kier alpha value is -5.40. The van der Waals surface area contributed by atoms with Crippen LogP contribution in [0.4, 0.5) is 0 Å². The summed E-state index contributed by atoms with van der Waals surface area (Å²) in [4.78, 5) is 131. The third-order valence-corrected chi connectivity index (χ3v) is 12.6. The normalized spacial score (nSPS) is 11.9. The van der Waals surface area contributed by atoms with Gasteiger partial charge in [-0.25, -0.2) is 0 Å². The first-order valence-electron chi connectivity index (χ1n) is 29.6. The average Bonchev–Trinajstić information content (AvgIpc) is 3.54. The Labute approximate surface area is 506 Å². The lowest BCUT2D eigenvalue weighted by Crippen LogP contribution is -2.34. The maximum Gasteiger partial charge on any atom is 0.246 e. The van der Waals surface area contributed by atoms with Crippen LogP contribution in [0.3, 0.4) is 0 Å². The van der Waals surface area contributed by atoms with E-state index in [1.54, 1.807) is 13.8 Å². The largest absolute Gasteiger partial charge is 0.377 e. The van der Waals surface area contributed by atoms with E-state index in [0.29, 0.717) is 71.0 Å². The van der Waals surface area contributed by atoms with Crippen molar-refractivity contribution < 1.29 is 90.6 Å². The molecule has 492 valence electrons. The Bertz CT molecular complexity index is 1860. The number of hydrogen-bond donors (Lipinski definition) is 9. The minimum atomic E-state index is -0.622. The van der Waals surface area contributed by atoms with E-state index < -0.39 is 5.92 Å². The van der Waals surface area contributed by atoms with E-state index >= 15 is 0 Å². The van der Waals surface area contributed by atoms with Crippen LogP contribution in [0.1, 0.15) is 118 Å². The molecule has 0 aliphatic heterocycles. The highest BCUT2D eigenvalue weighted by molar-refractivity contribution is 8.14. The van der Waals surface area contributed by atoms with Crippen molar-refractivity contribution in [2.24, 2.45) is 29.2 Å². The van der Waals surface area contributed by atoms with Gasteiger partial charge in [0.15, 0.2) is 10.9 Å². The number of rotatable bonds is 58. The van der Waals surface area contributed by atoms with Crippen molar-refractivity contribution in [2.75, 3.05) is 157 Å². The molecule has 0 aromatic rings. The maximum atomic E-state index is 13.2. The monoisotopic (exact) mass is 1240 g/mol. The molecule has 0 saturated carbocycles. The average molecular weight is 1240 g/mol. The van der Waals surface area contributed by atoms with Gasteiger partial charge < -0.3 is 86.6 Å². The summed E-state index contributed by atoms with van der Waals surface area (Å²) in [6, 6.07) is 0. The van der Waals surface area contributed by atoms with Crippen LogP contribution in [0.25, 0.3) is 0 Å². The molecular weight excluding hydrogens is 1130 g/mol. The van der Waals surface area contributed by atoms with Gasteiger partial charge in [-0.1, -0.05) is 58.7 Å². The number of carbonyl (C=O) groups excluding carboxylic acids is 11. The number of unbranched alkanes of at least 4 members (excludes halogenated alkanes) is 3. The van der Waals surface area contributed by atoms with Gasteiger partial charge in [0, 0.05) is 89.8 Å². The van der Waals surface area contributed by atoms with Gasteiger partial charge in [0.05, 0.1) is 85.0 Å². The third-order valence-electron chi connectivity index (χ3n) is 11.8. The quantitative estimate of drug-likeness (QED) is 0.0354. The van der Waals surface area contributed by atoms with Crippen molar-refractivity contribution in [3.63, 3.8) is 0 Å². The summed E-state index contributed by atoms with van der Waals surface area (Å²) in [5.41, 5.74) is 10.6. The predicted octanol–water partition coefficient (Wildman–Crippen LogP) is -0.262. The Morgan fingerprint density at radius 3 is 1.11 bits per heavy atom. The molecule has 3 atom stereocenters. The lowest BCUT2D eigenvalue weighted by molar-refractivity contribution is -0.131. The first kappa shape index (κ1) is 81.7. The molecule has 29 heteroatoms. The molecule has 0 saturated heterocycles. The van der Waals surface area contributed by atoms with Crippen LogP contribution in [0.2, 0.25) is 0 Å². The summed E-state index contributed by atoms with van der Waals surface area (Å²) in [6.07, 6.45) is 6.21. The van der Waals surface area contributed by atoms with Gasteiger partial charge in [-0.05, 0) is 44.9 Å². The number of hydrogen-bond acceptors (Lipinski definition) is 20. The minimum Gasteiger partial charge on any atom is -0.377 e. The van der Waals surface area contributed by atoms with Crippen LogP contribution in [0.15, 0.2) is 0 Å². The molecule has 0 aliphatic carbocycles. The summed E-state index contributed by atoms with van der Waals surface area (Å²) < 4.78 is 43.0. The Balaban J connectivity index is 0. The highest BCUT2D eigenvalue weighted by atomic mass is 32.2. The second-order valence-electron chi connectivity index (χ2n) is 19.2. The number of amides is 9. The van der Waals surface area contributed by atoms with Crippen molar-refractivity contribution in [1.82, 2.24) is 37.2 Å². The molecule has 0 spiro atoms. The van der Waals surface area contributed by atoms with Crippen molar-refractivity contribution in [2.45, 2.75) is 118 Å². The summed E-state index contributed by atoms with van der Waals surface area (Å²) in [7, 11) is 0. The third kappa shape index (κ3) is 57.4. The molecule has 11 N–H and O–H groups in total. The first-order chi connectivity index (χ1) is 40.9. The van der Waals surface area contributed by atoms with E-state index in [4.69, 9.17) is 49.4 Å². The van der Waals surface area contributed by atoms with Crippen molar-refractivity contribution in [3.8, 4) is 0 Å². The number of ketones is 1. The van der Waals surface area contributed by atoms with Crippen molar-refractivity contribution >= 4 is 75.8 Å². The van der Waals surface area contributed by atoms with Crippen LogP contribution < -0.4 is 48.7 Å². The van der Waals surface area contributed by atoms with Crippen LogP contribution >= 0.6 is 11.8 Å². The maximum absolute atomic E-state index is 13.2. The van der Waals surface area contributed by atoms with E-state index in [1.165, 1.54) is 6.92 Å². The molecule has 28 nitrogen and oxygen atoms in total. The SMILES string of the molecule is CC.CC(=O)SCC(=O)NCCOCCOCC(=O)NCCOCCOCC(=O)C[C@@H](CCCCNC(=O)CCCC(=O)NCCOCCOCC(=O)NCCOCCOCC(=O)NCCCC[C@H](C)C(N)=O)C(=O)NCCCC[C@H](C)C(N)=O. The van der Waals surface area contributed by atoms with E-state index in [1.807, 2.05) is 13.8 Å². The second-order valence-corrected chi connectivity index (χ2v) is 20.4. The Morgan fingerprint density at radius 1 is 0.376 bits per heavy atom. The van der Waals surface area contributed by atoms with Crippen LogP contribution in [0.5, 0.6) is 0 Å². The molecule has 85 heavy (non-hydrogen) atoms. The van der Waals surface area contributed by atoms with Crippen LogP contribution in [-0.4, -0.2) is 221 Å². The van der Waals surface area contributed by atoms with Gasteiger partial charge in [0.25, 0.3) is 0 Å². The number of nitrogens with two attached hydrogens (primary N) is 2. The lowest BCUT2D eigenvalue weighted by Gasteiger charge is -2.17. The fourth-order valence-electron chi connectivity index (χ4n) is 6.99. The Morgan fingerprint density at radius 2 is 0.706 bits per heavy atom. The topological polar surface area (TPSA) is 398 Å². The second kappa shape index (κ2) is 59.0. The molecule has 0 aromatic heterocycles. The summed E-state index contributed by atoms with van der Waals surface area (Å²) in [5.74, 6) is -3.88. The fourth-order valence-corrected chi connectivity index (χ4v) is 7.43. The van der Waals surface area contributed by atoms with Gasteiger partial charge >= 0.3 is 0 Å². The molecule has 0 radical (unpaired) electrons. The molecule has 0 aliphatic rings. The van der Waals surface area contributed by atoms with Crippen LogP contribution in [0, 0.1) is 17.8 Å². The smallest absolute Gasteiger partial charge is 0.246 e. The van der Waals surface area contributed by atoms with E-state index in [9.17, 15) is 52.7 Å². The predicted molar refractivity (Wildman–Crippen MR) is 317 cm³/mol. The molecule has 0 fully saturated rings. The molecular formula is C56H103N9O19S. The van der Waals surface area contributed by atoms with Gasteiger partial charge in [-0.15, -0.1) is 0 Å². The fraction of sp³-hybridized carbons (Fsp3) is 0.804. The number of carbonyl (C=O) groups is 11. The number of primary amides is 2. The minimum absolute atomic E-state index is 0.0450. The highest BCUT2D eigenvalue weighted by Crippen LogP contribution is 2.15. The van der Waals surface area contributed by atoms with Gasteiger partial charge in [-0.3, -0.25) is 52.7 Å². The Kier molecular flexibility index (Phi) is 56.6. The number of nitrogens with one attached hydrogen (secondary N) is 7. The zero-order chi connectivity index (χ0) is 63.6. The zero-order valence-corrected chi connectivity index (χ0v) is 52.0. The van der Waals surface area contributed by atoms with E-state index in [0.717, 1.165) is 24.6 Å². The van der Waals surface area contributed by atoms with Crippen molar-refractivity contribution in [3.05, 3.63) is 0 Å². The molecule has 0 heterocycles. The number of Topliss-reactive ketones (excluding diaryl/α,β-unsaturated/α-hetero) is 1. The lowest BCUT2D eigenvalue weighted by atomic mass is 9.95. The molecule has 0 bridgehead atoms. The molecule has 0 rings (SSSR count). The van der Waals surface area contributed by atoms with Gasteiger partial charge in [0.2, 0.25) is 53.2 Å².